The Balaban J connectivity index is 2.19. The summed E-state index contributed by atoms with van der Waals surface area (Å²) in [5, 5.41) is 6.43. The van der Waals surface area contributed by atoms with Gasteiger partial charge in [0, 0.05) is 26.1 Å². The van der Waals surface area contributed by atoms with E-state index in [1.165, 1.54) is 16.7 Å². The minimum Gasteiger partial charge on any atom is -0.277 e. The summed E-state index contributed by atoms with van der Waals surface area (Å²) < 4.78 is 0. The molecule has 3 amide bonds. The maximum atomic E-state index is 11.6. The molecule has 6 nitrogen and oxygen atoms in total. The largest absolute Gasteiger partial charge is 0.332 e. The van der Waals surface area contributed by atoms with Gasteiger partial charge in [0.2, 0.25) is 5.91 Å². The molecule has 74 valence electrons. The number of nitrogens with zero attached hydrogens (tertiary/aromatic N) is 3. The van der Waals surface area contributed by atoms with E-state index < -0.39 is 0 Å². The molecule has 1 aliphatic rings. The summed E-state index contributed by atoms with van der Waals surface area (Å²) in [6, 6.07) is 1.41. The quantitative estimate of drug-likeness (QED) is 0.694. The number of anilines is 1. The molecular formula is C8H10N4O2. The summed E-state index contributed by atoms with van der Waals surface area (Å²) in [6.45, 7) is 2.34. The molecule has 0 aliphatic carbocycles. The predicted octanol–water partition coefficient (Wildman–Crippen LogP) is 0.198. The monoisotopic (exact) mass is 194 g/mol. The van der Waals surface area contributed by atoms with Crippen molar-refractivity contribution in [2.75, 3.05) is 18.0 Å². The Morgan fingerprint density at radius 2 is 2.36 bits per heavy atom. The summed E-state index contributed by atoms with van der Waals surface area (Å²) in [5.74, 6) is 0.399. The van der Waals surface area contributed by atoms with E-state index in [4.69, 9.17) is 0 Å². The minimum atomic E-state index is -0.290. The van der Waals surface area contributed by atoms with E-state index in [0.29, 0.717) is 18.9 Å². The average Bonchev–Trinajstić information content (AvgIpc) is 2.71. The molecule has 0 unspecified atom stereocenters. The van der Waals surface area contributed by atoms with E-state index in [-0.39, 0.29) is 11.9 Å². The van der Waals surface area contributed by atoms with Crippen molar-refractivity contribution in [2.24, 2.45) is 0 Å². The Morgan fingerprint density at radius 1 is 1.57 bits per heavy atom. The van der Waals surface area contributed by atoms with Crippen LogP contribution in [0.5, 0.6) is 0 Å². The molecule has 0 radical (unpaired) electrons. The van der Waals surface area contributed by atoms with Crippen molar-refractivity contribution in [3.63, 3.8) is 0 Å². The molecule has 1 fully saturated rings. The summed E-state index contributed by atoms with van der Waals surface area (Å²) in [6.07, 6.45) is 1.57. The lowest BCUT2D eigenvalue weighted by Gasteiger charge is -2.13. The lowest BCUT2D eigenvalue weighted by Crippen LogP contribution is -2.34. The molecule has 1 N–H and O–H groups in total. The zero-order chi connectivity index (χ0) is 10.1. The molecular weight excluding hydrogens is 184 g/mol. The second kappa shape index (κ2) is 3.13. The van der Waals surface area contributed by atoms with Gasteiger partial charge in [-0.1, -0.05) is 0 Å². The lowest BCUT2D eigenvalue weighted by atomic mass is 10.5. The molecule has 1 saturated heterocycles. The number of hydrogen-bond donors (Lipinski definition) is 1. The van der Waals surface area contributed by atoms with Gasteiger partial charge in [0.25, 0.3) is 0 Å². The van der Waals surface area contributed by atoms with Crippen molar-refractivity contribution in [3.05, 3.63) is 12.3 Å². The third-order valence-electron chi connectivity index (χ3n) is 2.17. The van der Waals surface area contributed by atoms with Gasteiger partial charge < -0.3 is 0 Å². The highest BCUT2D eigenvalue weighted by molar-refractivity contribution is 6.03. The summed E-state index contributed by atoms with van der Waals surface area (Å²) in [4.78, 5) is 25.4. The van der Waals surface area contributed by atoms with Crippen LogP contribution in [-0.2, 0) is 4.79 Å². The van der Waals surface area contributed by atoms with E-state index in [0.717, 1.165) is 0 Å². The number of aromatic amines is 1. The molecule has 0 saturated carbocycles. The maximum absolute atomic E-state index is 11.6. The van der Waals surface area contributed by atoms with Gasteiger partial charge in [0.15, 0.2) is 0 Å². The zero-order valence-electron chi connectivity index (χ0n) is 7.73. The first-order valence-corrected chi connectivity index (χ1v) is 4.29. The van der Waals surface area contributed by atoms with Gasteiger partial charge in [-0.15, -0.1) is 0 Å². The first-order valence-electron chi connectivity index (χ1n) is 4.29. The summed E-state index contributed by atoms with van der Waals surface area (Å²) >= 11 is 0. The number of urea groups is 1. The number of nitrogens with one attached hydrogen (secondary N) is 1. The number of H-pyrrole nitrogens is 1. The fourth-order valence-electron chi connectivity index (χ4n) is 1.45. The zero-order valence-corrected chi connectivity index (χ0v) is 7.73. The molecule has 0 atom stereocenters. The molecule has 1 aliphatic heterocycles. The van der Waals surface area contributed by atoms with E-state index in [1.54, 1.807) is 12.3 Å². The van der Waals surface area contributed by atoms with Gasteiger partial charge in [-0.2, -0.15) is 5.10 Å². The summed E-state index contributed by atoms with van der Waals surface area (Å²) in [7, 11) is 0. The van der Waals surface area contributed by atoms with Gasteiger partial charge in [-0.3, -0.25) is 19.7 Å². The molecule has 1 aromatic heterocycles. The fourth-order valence-corrected chi connectivity index (χ4v) is 1.45. The Morgan fingerprint density at radius 3 is 2.86 bits per heavy atom. The number of hydrogen-bond acceptors (Lipinski definition) is 3. The Bertz CT molecular complexity index is 359. The van der Waals surface area contributed by atoms with Crippen molar-refractivity contribution in [1.82, 2.24) is 15.1 Å². The highest BCUT2D eigenvalue weighted by atomic mass is 16.2. The molecule has 1 aromatic rings. The predicted molar refractivity (Wildman–Crippen MR) is 48.7 cm³/mol. The van der Waals surface area contributed by atoms with Crippen molar-refractivity contribution in [2.45, 2.75) is 6.92 Å². The number of aromatic nitrogens is 2. The molecule has 14 heavy (non-hydrogen) atoms. The Hall–Kier alpha value is -1.85. The smallest absolute Gasteiger partial charge is 0.277 e. The van der Waals surface area contributed by atoms with Crippen LogP contribution in [-0.4, -0.2) is 40.1 Å². The molecule has 0 aromatic carbocycles. The third kappa shape index (κ3) is 1.24. The van der Waals surface area contributed by atoms with E-state index in [9.17, 15) is 9.59 Å². The first-order chi connectivity index (χ1) is 6.70. The van der Waals surface area contributed by atoms with Gasteiger partial charge in [-0.25, -0.2) is 4.79 Å². The average molecular weight is 194 g/mol. The molecule has 6 heteroatoms. The number of imide groups is 1. The van der Waals surface area contributed by atoms with Crippen LogP contribution < -0.4 is 4.90 Å². The molecule has 2 heterocycles. The number of carbonyl (C=O) groups excluding carboxylic acids is 2. The number of carbonyl (C=O) groups is 2. The van der Waals surface area contributed by atoms with Crippen LogP contribution in [0.2, 0.25) is 0 Å². The van der Waals surface area contributed by atoms with Crippen LogP contribution in [0.15, 0.2) is 12.3 Å². The van der Waals surface area contributed by atoms with Crippen LogP contribution in [0.3, 0.4) is 0 Å². The highest BCUT2D eigenvalue weighted by Gasteiger charge is 2.32. The summed E-state index contributed by atoms with van der Waals surface area (Å²) in [5.41, 5.74) is 0. The van der Waals surface area contributed by atoms with Gasteiger partial charge in [0.1, 0.15) is 5.82 Å². The highest BCUT2D eigenvalue weighted by Crippen LogP contribution is 2.16. The number of rotatable bonds is 1. The second-order valence-electron chi connectivity index (χ2n) is 3.05. The second-order valence-corrected chi connectivity index (χ2v) is 3.05. The normalized spacial score (nSPS) is 16.5. The van der Waals surface area contributed by atoms with Crippen molar-refractivity contribution >= 4 is 17.8 Å². The van der Waals surface area contributed by atoms with Crippen molar-refractivity contribution in [1.29, 1.82) is 0 Å². The lowest BCUT2D eigenvalue weighted by molar-refractivity contribution is -0.125. The third-order valence-corrected chi connectivity index (χ3v) is 2.17. The fraction of sp³-hybridized carbons (Fsp3) is 0.375. The SMILES string of the molecule is CC(=O)N1CCN(c2ccn[nH]2)C1=O. The van der Waals surface area contributed by atoms with Gasteiger partial charge >= 0.3 is 6.03 Å². The van der Waals surface area contributed by atoms with Crippen molar-refractivity contribution < 1.29 is 9.59 Å². The Kier molecular flexibility index (Phi) is 1.95. The van der Waals surface area contributed by atoms with E-state index >= 15 is 0 Å². The maximum Gasteiger partial charge on any atom is 0.332 e. The van der Waals surface area contributed by atoms with Crippen LogP contribution in [0.25, 0.3) is 0 Å². The van der Waals surface area contributed by atoms with Crippen LogP contribution in [0.1, 0.15) is 6.92 Å². The van der Waals surface area contributed by atoms with Gasteiger partial charge in [-0.05, 0) is 0 Å². The minimum absolute atomic E-state index is 0.225. The first kappa shape index (κ1) is 8.74. The van der Waals surface area contributed by atoms with Crippen LogP contribution in [0, 0.1) is 0 Å². The standard InChI is InChI=1S/C8H10N4O2/c1-6(13)11-4-5-12(8(11)14)7-2-3-9-10-7/h2-3H,4-5H2,1H3,(H,9,10). The molecule has 2 rings (SSSR count). The van der Waals surface area contributed by atoms with Crippen LogP contribution >= 0.6 is 0 Å². The number of amides is 3. The van der Waals surface area contributed by atoms with E-state index in [2.05, 4.69) is 10.2 Å². The molecule has 0 bridgehead atoms. The Labute approximate surface area is 80.5 Å². The van der Waals surface area contributed by atoms with Gasteiger partial charge in [0.05, 0.1) is 6.20 Å². The van der Waals surface area contributed by atoms with Crippen LogP contribution in [0.4, 0.5) is 10.6 Å². The van der Waals surface area contributed by atoms with Crippen molar-refractivity contribution in [3.8, 4) is 0 Å². The van der Waals surface area contributed by atoms with E-state index in [1.807, 2.05) is 0 Å². The molecule has 0 spiro atoms. The topological polar surface area (TPSA) is 69.3 Å².